The van der Waals surface area contributed by atoms with Gasteiger partial charge in [-0.2, -0.15) is 0 Å². The molecule has 0 aromatic heterocycles. The third-order valence-corrected chi connectivity index (χ3v) is 2.28. The van der Waals surface area contributed by atoms with E-state index in [1.165, 1.54) is 7.11 Å². The largest absolute Gasteiger partial charge is 0.467 e. The number of hydrogen-bond acceptors (Lipinski definition) is 4. The van der Waals surface area contributed by atoms with Gasteiger partial charge in [-0.25, -0.2) is 4.79 Å². The Labute approximate surface area is 116 Å². The van der Waals surface area contributed by atoms with Gasteiger partial charge in [0.2, 0.25) is 0 Å². The molecule has 1 atom stereocenters. The summed E-state index contributed by atoms with van der Waals surface area (Å²) in [6, 6.07) is -0.412. The Morgan fingerprint density at radius 2 is 1.79 bits per heavy atom. The minimum atomic E-state index is -0.412. The summed E-state index contributed by atoms with van der Waals surface area (Å²) >= 11 is 0. The molecule has 0 rings (SSSR count). The molecule has 0 aliphatic rings. The molecule has 0 amide bonds. The van der Waals surface area contributed by atoms with Crippen molar-refractivity contribution in [3.05, 3.63) is 0 Å². The fourth-order valence-corrected chi connectivity index (χ4v) is 1.36. The van der Waals surface area contributed by atoms with E-state index in [4.69, 9.17) is 4.74 Å². The summed E-state index contributed by atoms with van der Waals surface area (Å²) in [6.07, 6.45) is 5.97. The summed E-state index contributed by atoms with van der Waals surface area (Å²) in [5, 5.41) is 0. The summed E-state index contributed by atoms with van der Waals surface area (Å²) in [7, 11) is 9.00. The van der Waals surface area contributed by atoms with E-state index < -0.39 is 6.04 Å². The van der Waals surface area contributed by atoms with E-state index in [-0.39, 0.29) is 5.97 Å². The number of rotatable bonds is 9. The van der Waals surface area contributed by atoms with E-state index in [1.54, 1.807) is 17.6 Å². The maximum absolute atomic E-state index is 11.5. The van der Waals surface area contributed by atoms with Gasteiger partial charge >= 0.3 is 5.97 Å². The van der Waals surface area contributed by atoms with E-state index in [0.717, 1.165) is 19.4 Å². The lowest BCUT2D eigenvalue weighted by atomic mass is 10.1. The zero-order valence-corrected chi connectivity index (χ0v) is 12.7. The molecule has 0 aliphatic heterocycles. The van der Waals surface area contributed by atoms with Crippen molar-refractivity contribution >= 4 is 18.6 Å². The molecule has 0 spiro atoms. The van der Waals surface area contributed by atoms with Crippen molar-refractivity contribution in [1.82, 2.24) is 9.80 Å². The SMILES string of the molecule is COC(=O)[C@H](CCCCN=CN(C)C)N=CN(C)C. The normalized spacial score (nSPS) is 12.9. The number of carbonyl (C=O) groups is 1. The van der Waals surface area contributed by atoms with Crippen LogP contribution in [-0.2, 0) is 9.53 Å². The van der Waals surface area contributed by atoms with Crippen LogP contribution in [0.25, 0.3) is 0 Å². The maximum atomic E-state index is 11.5. The Morgan fingerprint density at radius 3 is 2.32 bits per heavy atom. The summed E-state index contributed by atoms with van der Waals surface area (Å²) in [5.41, 5.74) is 0. The average molecular weight is 270 g/mol. The predicted molar refractivity (Wildman–Crippen MR) is 78.9 cm³/mol. The van der Waals surface area contributed by atoms with Crippen LogP contribution < -0.4 is 0 Å². The van der Waals surface area contributed by atoms with Crippen molar-refractivity contribution < 1.29 is 9.53 Å². The number of nitrogens with zero attached hydrogens (tertiary/aromatic N) is 4. The molecular formula is C13H26N4O2. The highest BCUT2D eigenvalue weighted by atomic mass is 16.5. The fraction of sp³-hybridized carbons (Fsp3) is 0.769. The second-order valence-corrected chi connectivity index (χ2v) is 4.75. The van der Waals surface area contributed by atoms with Gasteiger partial charge in [-0.3, -0.25) is 9.98 Å². The molecule has 0 bridgehead atoms. The van der Waals surface area contributed by atoms with Crippen molar-refractivity contribution in [2.75, 3.05) is 41.8 Å². The lowest BCUT2D eigenvalue weighted by molar-refractivity contribution is -0.142. The number of hydrogen-bond donors (Lipinski definition) is 0. The number of ether oxygens (including phenoxy) is 1. The van der Waals surface area contributed by atoms with E-state index in [2.05, 4.69) is 9.98 Å². The molecule has 0 heterocycles. The van der Waals surface area contributed by atoms with Crippen LogP contribution in [0, 0.1) is 0 Å². The standard InChI is InChI=1S/C13H26N4O2/c1-16(2)10-14-9-7-6-8-12(13(18)19-5)15-11-17(3)4/h10-12H,6-9H2,1-5H3/t12-/m0/s1. The van der Waals surface area contributed by atoms with Gasteiger partial charge in [0, 0.05) is 34.7 Å². The zero-order valence-electron chi connectivity index (χ0n) is 12.7. The van der Waals surface area contributed by atoms with Crippen molar-refractivity contribution in [1.29, 1.82) is 0 Å². The van der Waals surface area contributed by atoms with Gasteiger partial charge in [-0.05, 0) is 19.3 Å². The highest BCUT2D eigenvalue weighted by molar-refractivity contribution is 5.77. The molecule has 110 valence electrons. The lowest BCUT2D eigenvalue weighted by Crippen LogP contribution is -2.22. The minimum absolute atomic E-state index is 0.283. The second-order valence-electron chi connectivity index (χ2n) is 4.75. The molecule has 0 aromatic carbocycles. The Balaban J connectivity index is 4.03. The smallest absolute Gasteiger partial charge is 0.330 e. The first-order chi connectivity index (χ1) is 8.97. The second kappa shape index (κ2) is 10.3. The van der Waals surface area contributed by atoms with Gasteiger partial charge in [0.25, 0.3) is 0 Å². The summed E-state index contributed by atoms with van der Waals surface area (Å²) in [4.78, 5) is 23.7. The molecule has 6 nitrogen and oxygen atoms in total. The first-order valence-corrected chi connectivity index (χ1v) is 6.41. The van der Waals surface area contributed by atoms with Crippen LogP contribution in [0.3, 0.4) is 0 Å². The molecule has 0 saturated carbocycles. The van der Waals surface area contributed by atoms with Crippen LogP contribution in [0.2, 0.25) is 0 Å². The van der Waals surface area contributed by atoms with Crippen LogP contribution in [0.1, 0.15) is 19.3 Å². The average Bonchev–Trinajstić information content (AvgIpc) is 2.35. The summed E-state index contributed by atoms with van der Waals surface area (Å²) < 4.78 is 4.75. The topological polar surface area (TPSA) is 57.5 Å². The third-order valence-electron chi connectivity index (χ3n) is 2.28. The number of unbranched alkanes of at least 4 members (excludes halogenated alkanes) is 1. The zero-order chi connectivity index (χ0) is 14.7. The number of methoxy groups -OCH3 is 1. The molecule has 0 fully saturated rings. The number of carbonyl (C=O) groups excluding carboxylic acids is 1. The Kier molecular flexibility index (Phi) is 9.48. The highest BCUT2D eigenvalue weighted by Crippen LogP contribution is 2.06. The number of aliphatic imine (C=N–C) groups is 2. The molecular weight excluding hydrogens is 244 g/mol. The molecule has 0 radical (unpaired) electrons. The van der Waals surface area contributed by atoms with Gasteiger partial charge in [0.15, 0.2) is 0 Å². The predicted octanol–water partition coefficient (Wildman–Crippen LogP) is 0.878. The lowest BCUT2D eigenvalue weighted by Gasteiger charge is -2.11. The Hall–Kier alpha value is -1.59. The molecule has 0 saturated heterocycles. The maximum Gasteiger partial charge on any atom is 0.330 e. The quantitative estimate of drug-likeness (QED) is 0.270. The van der Waals surface area contributed by atoms with E-state index in [9.17, 15) is 4.79 Å². The first kappa shape index (κ1) is 17.4. The van der Waals surface area contributed by atoms with Crippen LogP contribution in [-0.4, -0.2) is 76.3 Å². The Morgan fingerprint density at radius 1 is 1.16 bits per heavy atom. The molecule has 0 aliphatic carbocycles. The minimum Gasteiger partial charge on any atom is -0.467 e. The highest BCUT2D eigenvalue weighted by Gasteiger charge is 2.16. The van der Waals surface area contributed by atoms with Crippen LogP contribution >= 0.6 is 0 Å². The van der Waals surface area contributed by atoms with Crippen LogP contribution in [0.4, 0.5) is 0 Å². The van der Waals surface area contributed by atoms with Crippen molar-refractivity contribution in [2.45, 2.75) is 25.3 Å². The van der Waals surface area contributed by atoms with Crippen LogP contribution in [0.15, 0.2) is 9.98 Å². The third kappa shape index (κ3) is 10.1. The van der Waals surface area contributed by atoms with Crippen molar-refractivity contribution in [3.63, 3.8) is 0 Å². The van der Waals surface area contributed by atoms with Gasteiger partial charge in [0.1, 0.15) is 6.04 Å². The summed E-state index contributed by atoms with van der Waals surface area (Å²) in [5.74, 6) is -0.283. The molecule has 0 N–H and O–H groups in total. The summed E-state index contributed by atoms with van der Waals surface area (Å²) in [6.45, 7) is 0.767. The van der Waals surface area contributed by atoms with Crippen LogP contribution in [0.5, 0.6) is 0 Å². The monoisotopic (exact) mass is 270 g/mol. The van der Waals surface area contributed by atoms with E-state index in [0.29, 0.717) is 6.42 Å². The van der Waals surface area contributed by atoms with Crippen molar-refractivity contribution in [2.24, 2.45) is 9.98 Å². The molecule has 0 unspecified atom stereocenters. The van der Waals surface area contributed by atoms with Gasteiger partial charge in [0.05, 0.1) is 19.8 Å². The fourth-order valence-electron chi connectivity index (χ4n) is 1.36. The van der Waals surface area contributed by atoms with Gasteiger partial charge in [-0.15, -0.1) is 0 Å². The molecule has 19 heavy (non-hydrogen) atoms. The molecule has 6 heteroatoms. The van der Waals surface area contributed by atoms with Crippen molar-refractivity contribution in [3.8, 4) is 0 Å². The molecule has 0 aromatic rings. The first-order valence-electron chi connectivity index (χ1n) is 6.41. The number of esters is 1. The van der Waals surface area contributed by atoms with Gasteiger partial charge < -0.3 is 14.5 Å². The van der Waals surface area contributed by atoms with E-state index >= 15 is 0 Å². The Bertz CT molecular complexity index is 301. The van der Waals surface area contributed by atoms with Gasteiger partial charge in [-0.1, -0.05) is 0 Å². The van der Waals surface area contributed by atoms with E-state index in [1.807, 2.05) is 33.1 Å².